The van der Waals surface area contributed by atoms with Gasteiger partial charge in [-0.25, -0.2) is 8.42 Å². The molecule has 2 N–H and O–H groups in total. The fourth-order valence-electron chi connectivity index (χ4n) is 3.71. The van der Waals surface area contributed by atoms with Crippen molar-refractivity contribution in [1.82, 2.24) is 14.4 Å². The molecule has 10 heteroatoms. The molecule has 0 aliphatic heterocycles. The third kappa shape index (κ3) is 5.59. The molecular formula is C25H23ClN4O4S. The summed E-state index contributed by atoms with van der Waals surface area (Å²) in [5.41, 5.74) is 7.83. The Morgan fingerprint density at radius 3 is 2.26 bits per heavy atom. The topological polar surface area (TPSA) is 119 Å². The lowest BCUT2D eigenvalue weighted by Crippen LogP contribution is -2.42. The molecular weight excluding hydrogens is 488 g/mol. The Balaban J connectivity index is 1.66. The van der Waals surface area contributed by atoms with Gasteiger partial charge in [-0.05, 0) is 60.9 Å². The smallest absolute Gasteiger partial charge is 0.257 e. The van der Waals surface area contributed by atoms with Gasteiger partial charge in [0.25, 0.3) is 5.89 Å². The van der Waals surface area contributed by atoms with Crippen molar-refractivity contribution in [3.8, 4) is 11.5 Å². The number of aromatic nitrogens is 2. The van der Waals surface area contributed by atoms with Crippen LogP contribution in [0.3, 0.4) is 0 Å². The molecule has 1 amide bonds. The first kappa shape index (κ1) is 24.6. The van der Waals surface area contributed by atoms with E-state index in [0.717, 1.165) is 15.4 Å². The molecule has 1 atom stereocenters. The number of hydrogen-bond acceptors (Lipinski definition) is 6. The number of halogens is 1. The molecule has 3 aromatic carbocycles. The number of carbonyl (C=O) groups is 1. The summed E-state index contributed by atoms with van der Waals surface area (Å²) in [6.45, 7) is 1.76. The standard InChI is InChI=1S/C25H23ClN4O4S/c1-17-28-25(34-29-17)20-9-7-18(8-10-20)15-16-30(23(24(27)31)19-5-3-2-4-6-19)35(32,33)22-13-11-21(26)12-14-22/h2-14,23H,15-16H2,1H3,(H2,27,31)/t23-/m1/s1. The van der Waals surface area contributed by atoms with Crippen LogP contribution in [0, 0.1) is 6.92 Å². The van der Waals surface area contributed by atoms with Gasteiger partial charge in [-0.15, -0.1) is 0 Å². The summed E-state index contributed by atoms with van der Waals surface area (Å²) >= 11 is 5.95. The highest BCUT2D eigenvalue weighted by molar-refractivity contribution is 7.89. The minimum atomic E-state index is -4.09. The molecule has 0 saturated heterocycles. The van der Waals surface area contributed by atoms with Crippen LogP contribution in [0.4, 0.5) is 0 Å². The van der Waals surface area contributed by atoms with E-state index in [9.17, 15) is 13.2 Å². The number of carbonyl (C=O) groups excluding carboxylic acids is 1. The second-order valence-electron chi connectivity index (χ2n) is 7.88. The highest BCUT2D eigenvalue weighted by atomic mass is 35.5. The molecule has 180 valence electrons. The Morgan fingerprint density at radius 2 is 1.69 bits per heavy atom. The van der Waals surface area contributed by atoms with E-state index in [1.165, 1.54) is 24.3 Å². The zero-order valence-corrected chi connectivity index (χ0v) is 20.4. The van der Waals surface area contributed by atoms with E-state index >= 15 is 0 Å². The summed E-state index contributed by atoms with van der Waals surface area (Å²) in [5.74, 6) is 0.167. The maximum absolute atomic E-state index is 13.7. The first-order chi connectivity index (χ1) is 16.8. The summed E-state index contributed by atoms with van der Waals surface area (Å²) in [7, 11) is -4.09. The highest BCUT2D eigenvalue weighted by Gasteiger charge is 2.35. The molecule has 1 aromatic heterocycles. The van der Waals surface area contributed by atoms with E-state index in [-0.39, 0.29) is 11.4 Å². The predicted octanol–water partition coefficient (Wildman–Crippen LogP) is 4.16. The van der Waals surface area contributed by atoms with Crippen molar-refractivity contribution in [1.29, 1.82) is 0 Å². The van der Waals surface area contributed by atoms with Gasteiger partial charge >= 0.3 is 0 Å². The third-order valence-corrected chi connectivity index (χ3v) is 7.57. The van der Waals surface area contributed by atoms with E-state index in [4.69, 9.17) is 21.9 Å². The van der Waals surface area contributed by atoms with Crippen LogP contribution >= 0.6 is 11.6 Å². The van der Waals surface area contributed by atoms with Crippen molar-refractivity contribution in [2.24, 2.45) is 5.73 Å². The van der Waals surface area contributed by atoms with Crippen molar-refractivity contribution in [3.05, 3.63) is 101 Å². The number of benzene rings is 3. The Bertz CT molecular complexity index is 1410. The second-order valence-corrected chi connectivity index (χ2v) is 10.2. The van der Waals surface area contributed by atoms with Gasteiger partial charge in [0.15, 0.2) is 5.82 Å². The van der Waals surface area contributed by atoms with E-state index in [1.54, 1.807) is 37.3 Å². The summed E-state index contributed by atoms with van der Waals surface area (Å²) in [6.07, 6.45) is 0.340. The highest BCUT2D eigenvalue weighted by Crippen LogP contribution is 2.29. The molecule has 0 saturated carbocycles. The van der Waals surface area contributed by atoms with Crippen LogP contribution in [0.1, 0.15) is 23.0 Å². The van der Waals surface area contributed by atoms with Crippen LogP contribution in [-0.2, 0) is 21.2 Å². The van der Waals surface area contributed by atoms with Crippen molar-refractivity contribution in [3.63, 3.8) is 0 Å². The van der Waals surface area contributed by atoms with Gasteiger partial charge in [-0.3, -0.25) is 4.79 Å². The quantitative estimate of drug-likeness (QED) is 0.361. The number of aryl methyl sites for hydroxylation is 1. The van der Waals surface area contributed by atoms with Gasteiger partial charge in [0.1, 0.15) is 6.04 Å². The van der Waals surface area contributed by atoms with Gasteiger partial charge in [0, 0.05) is 17.1 Å². The number of nitrogens with two attached hydrogens (primary N) is 1. The molecule has 4 aromatic rings. The molecule has 0 aliphatic carbocycles. The SMILES string of the molecule is Cc1noc(-c2ccc(CCN([C@@H](C(N)=O)c3ccccc3)S(=O)(=O)c3ccc(Cl)cc3)cc2)n1. The Morgan fingerprint density at radius 1 is 1.03 bits per heavy atom. The number of amides is 1. The maximum atomic E-state index is 13.7. The van der Waals surface area contributed by atoms with Crippen molar-refractivity contribution >= 4 is 27.5 Å². The normalized spacial score (nSPS) is 12.5. The lowest BCUT2D eigenvalue weighted by Gasteiger charge is -2.29. The molecule has 0 spiro atoms. The molecule has 1 heterocycles. The fraction of sp³-hybridized carbons (Fsp3) is 0.160. The van der Waals surface area contributed by atoms with Crippen molar-refractivity contribution in [2.45, 2.75) is 24.3 Å². The van der Waals surface area contributed by atoms with Crippen molar-refractivity contribution < 1.29 is 17.7 Å². The van der Waals surface area contributed by atoms with Gasteiger partial charge in [-0.2, -0.15) is 9.29 Å². The number of hydrogen-bond donors (Lipinski definition) is 1. The number of rotatable bonds is 9. The molecule has 0 aliphatic rings. The second kappa shape index (κ2) is 10.4. The van der Waals surface area contributed by atoms with E-state index in [2.05, 4.69) is 10.1 Å². The largest absolute Gasteiger partial charge is 0.368 e. The molecule has 0 bridgehead atoms. The molecule has 35 heavy (non-hydrogen) atoms. The van der Waals surface area contributed by atoms with Crippen LogP contribution in [0.2, 0.25) is 5.02 Å². The number of nitrogens with zero attached hydrogens (tertiary/aromatic N) is 3. The Labute approximate surface area is 208 Å². The average molecular weight is 511 g/mol. The first-order valence-electron chi connectivity index (χ1n) is 10.8. The van der Waals surface area contributed by atoms with Gasteiger partial charge in [-0.1, -0.05) is 59.2 Å². The van der Waals surface area contributed by atoms with Crippen LogP contribution in [-0.4, -0.2) is 35.3 Å². The minimum absolute atomic E-state index is 0.0196. The summed E-state index contributed by atoms with van der Waals surface area (Å²) in [5, 5.41) is 4.19. The molecule has 4 rings (SSSR count). The lowest BCUT2D eigenvalue weighted by atomic mass is 10.1. The number of primary amides is 1. The Kier molecular flexibility index (Phi) is 7.30. The third-order valence-electron chi connectivity index (χ3n) is 5.44. The molecule has 0 unspecified atom stereocenters. The van der Waals surface area contributed by atoms with Gasteiger partial charge in [0.2, 0.25) is 15.9 Å². The fourth-order valence-corrected chi connectivity index (χ4v) is 5.42. The first-order valence-corrected chi connectivity index (χ1v) is 12.6. The van der Waals surface area contributed by atoms with Crippen LogP contribution < -0.4 is 5.73 Å². The minimum Gasteiger partial charge on any atom is -0.368 e. The average Bonchev–Trinajstić information content (AvgIpc) is 3.28. The van der Waals surface area contributed by atoms with Crippen molar-refractivity contribution in [2.75, 3.05) is 6.54 Å². The zero-order valence-electron chi connectivity index (χ0n) is 18.8. The lowest BCUT2D eigenvalue weighted by molar-refractivity contribution is -0.121. The summed E-state index contributed by atoms with van der Waals surface area (Å²) < 4.78 is 33.7. The van der Waals surface area contributed by atoms with E-state index in [1.807, 2.05) is 24.3 Å². The molecule has 0 fully saturated rings. The predicted molar refractivity (Wildman–Crippen MR) is 132 cm³/mol. The van der Waals surface area contributed by atoms with Crippen LogP contribution in [0.15, 0.2) is 88.3 Å². The summed E-state index contributed by atoms with van der Waals surface area (Å²) in [6, 6.07) is 20.6. The molecule has 0 radical (unpaired) electrons. The Hall–Kier alpha value is -3.53. The maximum Gasteiger partial charge on any atom is 0.257 e. The van der Waals surface area contributed by atoms with Crippen LogP contribution in [0.5, 0.6) is 0 Å². The van der Waals surface area contributed by atoms with E-state index in [0.29, 0.717) is 28.7 Å². The van der Waals surface area contributed by atoms with Gasteiger partial charge < -0.3 is 10.3 Å². The van der Waals surface area contributed by atoms with Gasteiger partial charge in [0.05, 0.1) is 4.90 Å². The number of sulfonamides is 1. The summed E-state index contributed by atoms with van der Waals surface area (Å²) in [4.78, 5) is 16.8. The van der Waals surface area contributed by atoms with Crippen LogP contribution in [0.25, 0.3) is 11.5 Å². The molecule has 8 nitrogen and oxygen atoms in total. The zero-order chi connectivity index (χ0) is 25.0. The van der Waals surface area contributed by atoms with E-state index < -0.39 is 22.0 Å². The monoisotopic (exact) mass is 510 g/mol.